The van der Waals surface area contributed by atoms with Gasteiger partial charge in [0.2, 0.25) is 5.95 Å². The Morgan fingerprint density at radius 3 is 2.64 bits per heavy atom. The zero-order valence-electron chi connectivity index (χ0n) is 21.2. The van der Waals surface area contributed by atoms with Gasteiger partial charge in [-0.2, -0.15) is 9.67 Å². The van der Waals surface area contributed by atoms with Crippen LogP contribution in [0.5, 0.6) is 0 Å². The fourth-order valence-corrected chi connectivity index (χ4v) is 7.55. The minimum Gasteiger partial charge on any atom is -0.394 e. The van der Waals surface area contributed by atoms with E-state index in [-0.39, 0.29) is 47.1 Å². The van der Waals surface area contributed by atoms with Gasteiger partial charge in [0.1, 0.15) is 30.4 Å². The highest BCUT2D eigenvalue weighted by Crippen LogP contribution is 2.58. The summed E-state index contributed by atoms with van der Waals surface area (Å²) in [5.74, 6) is -0.217. The number of halogens is 2. The molecule has 2 saturated heterocycles. The number of nitrogens with two attached hydrogens (primary N) is 2. The number of imidazole rings is 1. The first-order valence-corrected chi connectivity index (χ1v) is 15.1. The van der Waals surface area contributed by atoms with Gasteiger partial charge in [-0.05, 0) is 11.8 Å². The molecule has 4 aromatic heterocycles. The standard InChI is InChI=1S/C20H24F2N11O7PS/c21-8-7(3-34)40-19(32-5-27-11-16(32)28-20(24)29-17(11)36)13(8)41(37,42)38-2-1-6-12(35)9(22)18(39-6)33-15-10(30-31-33)14(23)25-4-26-15/h4-9,12-13,18-19,34-35H,1-3H2,(H,37,42)(H2,23,25,26)(H3,24,28,29,36)/t6-,7-,8-,9+,12-,13-,18-,19-,41?/m1/s1. The molecule has 42 heavy (non-hydrogen) atoms. The van der Waals surface area contributed by atoms with Crippen molar-refractivity contribution in [3.63, 3.8) is 0 Å². The summed E-state index contributed by atoms with van der Waals surface area (Å²) in [6, 6.07) is 0. The maximum atomic E-state index is 15.5. The van der Waals surface area contributed by atoms with Crippen LogP contribution >= 0.6 is 6.49 Å². The summed E-state index contributed by atoms with van der Waals surface area (Å²) in [4.78, 5) is 41.5. The number of aromatic amines is 1. The molecule has 18 nitrogen and oxygen atoms in total. The van der Waals surface area contributed by atoms with Crippen LogP contribution in [0, 0.1) is 0 Å². The highest BCUT2D eigenvalue weighted by molar-refractivity contribution is 8.09. The maximum absolute atomic E-state index is 15.5. The second-order valence-corrected chi connectivity index (χ2v) is 13.2. The van der Waals surface area contributed by atoms with Crippen LogP contribution in [0.2, 0.25) is 0 Å². The van der Waals surface area contributed by atoms with Gasteiger partial charge >= 0.3 is 0 Å². The number of alkyl halides is 2. The van der Waals surface area contributed by atoms with Crippen LogP contribution in [-0.2, 0) is 25.8 Å². The van der Waals surface area contributed by atoms with Crippen molar-refractivity contribution in [2.24, 2.45) is 0 Å². The fraction of sp³-hybridized carbons (Fsp3) is 0.550. The molecule has 0 bridgehead atoms. The third-order valence-corrected chi connectivity index (χ3v) is 9.96. The molecule has 6 rings (SSSR count). The lowest BCUT2D eigenvalue weighted by Crippen LogP contribution is -2.31. The largest absolute Gasteiger partial charge is 0.394 e. The zero-order chi connectivity index (χ0) is 29.9. The quantitative estimate of drug-likeness (QED) is 0.120. The van der Waals surface area contributed by atoms with Crippen LogP contribution in [0.1, 0.15) is 18.9 Å². The SMILES string of the molecule is Nc1nc2c(ncn2[C@@H]2O[C@H](CO)[C@@H](F)[C@H]2P(O)(=S)OCC[C@H]2O[C@@H](n3nnc4c(N)ncnc43)[C@@H](F)[C@@H]2O)c(=O)[nH]1. The van der Waals surface area contributed by atoms with Crippen molar-refractivity contribution in [1.82, 2.24) is 44.5 Å². The number of aliphatic hydroxyl groups is 2. The Morgan fingerprint density at radius 1 is 1.12 bits per heavy atom. The smallest absolute Gasteiger partial charge is 0.280 e. The number of aromatic nitrogens is 9. The Labute approximate surface area is 237 Å². The predicted octanol–water partition coefficient (Wildman–Crippen LogP) is -1.58. The number of hydrogen-bond donors (Lipinski definition) is 6. The van der Waals surface area contributed by atoms with Gasteiger partial charge in [-0.25, -0.2) is 23.7 Å². The van der Waals surface area contributed by atoms with E-state index in [1.54, 1.807) is 0 Å². The molecular weight excluding hydrogens is 607 g/mol. The zero-order valence-corrected chi connectivity index (χ0v) is 22.9. The Kier molecular flexibility index (Phi) is 7.38. The highest BCUT2D eigenvalue weighted by atomic mass is 32.5. The van der Waals surface area contributed by atoms with Gasteiger partial charge < -0.3 is 40.6 Å². The normalized spacial score (nSPS) is 31.3. The number of nitrogens with zero attached hydrogens (tertiary/aromatic N) is 8. The van der Waals surface area contributed by atoms with Crippen molar-refractivity contribution in [2.75, 3.05) is 24.7 Å². The van der Waals surface area contributed by atoms with Crippen LogP contribution in [0.25, 0.3) is 22.3 Å². The monoisotopic (exact) mass is 631 g/mol. The van der Waals surface area contributed by atoms with Gasteiger partial charge in [-0.1, -0.05) is 5.21 Å². The highest BCUT2D eigenvalue weighted by Gasteiger charge is 2.54. The summed E-state index contributed by atoms with van der Waals surface area (Å²) in [5, 5.41) is 27.8. The molecule has 0 aromatic carbocycles. The van der Waals surface area contributed by atoms with E-state index in [2.05, 4.69) is 35.2 Å². The lowest BCUT2D eigenvalue weighted by atomic mass is 10.1. The van der Waals surface area contributed by atoms with Crippen LogP contribution < -0.4 is 17.0 Å². The number of anilines is 2. The van der Waals surface area contributed by atoms with Crippen molar-refractivity contribution < 1.29 is 37.9 Å². The summed E-state index contributed by atoms with van der Waals surface area (Å²) < 4.78 is 49.7. The van der Waals surface area contributed by atoms with Crippen molar-refractivity contribution in [3.8, 4) is 0 Å². The molecule has 2 aliphatic heterocycles. The number of aliphatic hydroxyl groups excluding tert-OH is 2. The molecule has 226 valence electrons. The average molecular weight is 632 g/mol. The van der Waals surface area contributed by atoms with E-state index in [9.17, 15) is 19.9 Å². The van der Waals surface area contributed by atoms with E-state index >= 15 is 8.78 Å². The van der Waals surface area contributed by atoms with Crippen molar-refractivity contribution in [2.45, 2.75) is 55.2 Å². The maximum Gasteiger partial charge on any atom is 0.280 e. The van der Waals surface area contributed by atoms with Crippen molar-refractivity contribution >= 4 is 52.4 Å². The van der Waals surface area contributed by atoms with E-state index in [0.29, 0.717) is 0 Å². The van der Waals surface area contributed by atoms with Crippen LogP contribution in [0.4, 0.5) is 20.5 Å². The lowest BCUT2D eigenvalue weighted by Gasteiger charge is -2.28. The first-order chi connectivity index (χ1) is 20.0. The number of hydrogen-bond acceptors (Lipinski definition) is 15. The van der Waals surface area contributed by atoms with E-state index < -0.39 is 67.4 Å². The molecule has 0 amide bonds. The number of nitrogen functional groups attached to an aromatic ring is 2. The summed E-state index contributed by atoms with van der Waals surface area (Å²) in [6.07, 6.45) is -8.77. The molecule has 0 saturated carbocycles. The van der Waals surface area contributed by atoms with Gasteiger partial charge in [0.25, 0.3) is 5.56 Å². The summed E-state index contributed by atoms with van der Waals surface area (Å²) in [5.41, 5.74) is 9.22. The Balaban J connectivity index is 1.19. The first-order valence-electron chi connectivity index (χ1n) is 12.4. The molecule has 9 atom stereocenters. The molecule has 8 N–H and O–H groups in total. The summed E-state index contributed by atoms with van der Waals surface area (Å²) in [6.45, 7) is -5.23. The van der Waals surface area contributed by atoms with Crippen LogP contribution in [0.3, 0.4) is 0 Å². The number of ether oxygens (including phenoxy) is 2. The van der Waals surface area contributed by atoms with E-state index in [4.69, 9.17) is 37.3 Å². The Bertz CT molecular complexity index is 1740. The molecule has 1 unspecified atom stereocenters. The number of nitrogens with one attached hydrogen (secondary N) is 1. The van der Waals surface area contributed by atoms with Crippen LogP contribution in [0.15, 0.2) is 17.4 Å². The molecule has 0 aliphatic carbocycles. The molecule has 22 heteroatoms. The van der Waals surface area contributed by atoms with Gasteiger partial charge in [0, 0.05) is 6.42 Å². The summed E-state index contributed by atoms with van der Waals surface area (Å²) in [7, 11) is 0. The fourth-order valence-electron chi connectivity index (χ4n) is 5.03. The van der Waals surface area contributed by atoms with Gasteiger partial charge in [-0.3, -0.25) is 14.3 Å². The number of H-pyrrole nitrogens is 1. The van der Waals surface area contributed by atoms with Gasteiger partial charge in [0.15, 0.2) is 53.3 Å². The summed E-state index contributed by atoms with van der Waals surface area (Å²) >= 11 is 5.32. The van der Waals surface area contributed by atoms with Gasteiger partial charge in [-0.15, -0.1) is 5.10 Å². The second-order valence-electron chi connectivity index (χ2n) is 9.61. The Morgan fingerprint density at radius 2 is 1.88 bits per heavy atom. The lowest BCUT2D eigenvalue weighted by molar-refractivity contribution is -0.0374. The van der Waals surface area contributed by atoms with Crippen LogP contribution in [-0.4, -0.2) is 109 Å². The third-order valence-electron chi connectivity index (χ3n) is 7.07. The second kappa shape index (κ2) is 10.8. The molecule has 4 aromatic rings. The molecule has 0 radical (unpaired) electrons. The molecule has 2 aliphatic rings. The average Bonchev–Trinajstić information content (AvgIpc) is 3.70. The Hall–Kier alpha value is -3.30. The first kappa shape index (κ1) is 28.8. The van der Waals surface area contributed by atoms with Crippen molar-refractivity contribution in [1.29, 1.82) is 0 Å². The molecule has 6 heterocycles. The van der Waals surface area contributed by atoms with E-state index in [1.165, 1.54) is 4.57 Å². The van der Waals surface area contributed by atoms with Crippen molar-refractivity contribution in [3.05, 3.63) is 23.0 Å². The number of fused-ring (bicyclic) bond motifs is 2. The molecule has 2 fully saturated rings. The molecular formula is C20H24F2N11O7PS. The van der Waals surface area contributed by atoms with E-state index in [1.807, 2.05) is 0 Å². The molecule has 0 spiro atoms. The van der Waals surface area contributed by atoms with Gasteiger partial charge in [0.05, 0.1) is 25.6 Å². The number of rotatable bonds is 8. The minimum atomic E-state index is -4.10. The van der Waals surface area contributed by atoms with E-state index in [0.717, 1.165) is 17.3 Å². The topological polar surface area (TPSA) is 260 Å². The predicted molar refractivity (Wildman–Crippen MR) is 142 cm³/mol. The third kappa shape index (κ3) is 4.71. The minimum absolute atomic E-state index is 0.0254.